The van der Waals surface area contributed by atoms with E-state index in [1.807, 2.05) is 36.7 Å². The number of piperidine rings is 1. The van der Waals surface area contributed by atoms with Gasteiger partial charge in [-0.05, 0) is 44.9 Å². The van der Waals surface area contributed by atoms with Gasteiger partial charge in [0.2, 0.25) is 5.91 Å². The number of imidazole rings is 1. The highest BCUT2D eigenvalue weighted by atomic mass is 32.1. The minimum Gasteiger partial charge on any atom is -0.369 e. The number of anilines is 1. The van der Waals surface area contributed by atoms with Gasteiger partial charge in [0.25, 0.3) is 5.91 Å². The molecule has 1 fully saturated rings. The zero-order valence-corrected chi connectivity index (χ0v) is 20.7. The Morgan fingerprint density at radius 2 is 2.03 bits per heavy atom. The number of carbonyl (C=O) groups excluding carboxylic acids is 2. The molecule has 0 aromatic carbocycles. The van der Waals surface area contributed by atoms with Gasteiger partial charge in [0, 0.05) is 29.6 Å². The van der Waals surface area contributed by atoms with Gasteiger partial charge in [-0.3, -0.25) is 19.1 Å². The van der Waals surface area contributed by atoms with Gasteiger partial charge in [-0.1, -0.05) is 6.92 Å². The molecule has 4 aromatic rings. The lowest BCUT2D eigenvalue weighted by Gasteiger charge is -2.38. The number of primary amides is 1. The predicted molar refractivity (Wildman–Crippen MR) is 134 cm³/mol. The molecule has 10 nitrogen and oxygen atoms in total. The number of hydrogen-bond donors (Lipinski definition) is 3. The van der Waals surface area contributed by atoms with Gasteiger partial charge >= 0.3 is 0 Å². The fourth-order valence-corrected chi connectivity index (χ4v) is 5.31. The molecule has 5 heterocycles. The lowest BCUT2D eigenvalue weighted by molar-refractivity contribution is -0.127. The van der Waals surface area contributed by atoms with Crippen LogP contribution in [0.25, 0.3) is 16.2 Å². The number of rotatable bonds is 6. The first-order valence-corrected chi connectivity index (χ1v) is 12.4. The maximum atomic E-state index is 13.3. The number of thiophene rings is 1. The van der Waals surface area contributed by atoms with Gasteiger partial charge in [0.1, 0.15) is 12.2 Å². The van der Waals surface area contributed by atoms with Crippen LogP contribution in [0.5, 0.6) is 0 Å². The highest BCUT2D eigenvalue weighted by Crippen LogP contribution is 2.36. The normalized spacial score (nSPS) is 16.4. The molecule has 2 amide bonds. The van der Waals surface area contributed by atoms with Crippen LogP contribution in [-0.2, 0) is 4.79 Å². The molecule has 4 N–H and O–H groups in total. The van der Waals surface area contributed by atoms with Gasteiger partial charge in [-0.25, -0.2) is 9.97 Å². The number of nitrogens with one attached hydrogen (secondary N) is 2. The third kappa shape index (κ3) is 4.27. The molecule has 4 aromatic heterocycles. The van der Waals surface area contributed by atoms with E-state index in [0.717, 1.165) is 21.9 Å². The second-order valence-corrected chi connectivity index (χ2v) is 10.6. The number of carbonyl (C=O) groups is 2. The quantitative estimate of drug-likeness (QED) is 0.379. The molecule has 1 atom stereocenters. The van der Waals surface area contributed by atoms with E-state index in [1.165, 1.54) is 11.2 Å². The Bertz CT molecular complexity index is 1380. The largest absolute Gasteiger partial charge is 0.369 e. The van der Waals surface area contributed by atoms with Crippen molar-refractivity contribution in [3.63, 3.8) is 0 Å². The van der Waals surface area contributed by atoms with Gasteiger partial charge in [0.05, 0.1) is 34.1 Å². The van der Waals surface area contributed by atoms with Gasteiger partial charge in [-0.2, -0.15) is 5.10 Å². The average Bonchev–Trinajstić information content (AvgIpc) is 3.59. The molecule has 1 unspecified atom stereocenters. The Kier molecular flexibility index (Phi) is 5.79. The standard InChI is InChI=1S/C24H28N8O2S/c1-14-4-5-19(35-14)18-11-26-21-17(31-8-6-24(3,7-9-31)23(25)34)10-16(12-32(18)21)22(33)29-15(2)20-27-13-28-30-20/h4-5,10-13,15H,6-9H2,1-3H3,(H2,25,34)(H,29,33)(H,27,28,30). The van der Waals surface area contributed by atoms with Crippen LogP contribution in [0.2, 0.25) is 0 Å². The predicted octanol–water partition coefficient (Wildman–Crippen LogP) is 3.07. The Hall–Kier alpha value is -3.73. The summed E-state index contributed by atoms with van der Waals surface area (Å²) in [4.78, 5) is 38.6. The zero-order chi connectivity index (χ0) is 24.7. The minimum absolute atomic E-state index is 0.224. The van der Waals surface area contributed by atoms with E-state index < -0.39 is 5.41 Å². The molecule has 0 saturated carbocycles. The van der Waals surface area contributed by atoms with E-state index in [0.29, 0.717) is 37.3 Å². The Labute approximate surface area is 206 Å². The molecular formula is C24H28N8O2S. The van der Waals surface area contributed by atoms with Gasteiger partial charge in [-0.15, -0.1) is 11.3 Å². The van der Waals surface area contributed by atoms with E-state index in [9.17, 15) is 9.59 Å². The van der Waals surface area contributed by atoms with Crippen molar-refractivity contribution in [3.05, 3.63) is 53.2 Å². The molecule has 35 heavy (non-hydrogen) atoms. The molecular weight excluding hydrogens is 464 g/mol. The number of H-pyrrole nitrogens is 1. The average molecular weight is 493 g/mol. The third-order valence-electron chi connectivity index (χ3n) is 6.84. The van der Waals surface area contributed by atoms with Crippen molar-refractivity contribution in [3.8, 4) is 10.6 Å². The van der Waals surface area contributed by atoms with Crippen LogP contribution in [0.4, 0.5) is 5.69 Å². The summed E-state index contributed by atoms with van der Waals surface area (Å²) in [5.74, 6) is 0.0878. The maximum Gasteiger partial charge on any atom is 0.253 e. The number of fused-ring (bicyclic) bond motifs is 1. The minimum atomic E-state index is -0.524. The van der Waals surface area contributed by atoms with Crippen LogP contribution in [0.1, 0.15) is 53.8 Å². The highest BCUT2D eigenvalue weighted by molar-refractivity contribution is 7.15. The fraction of sp³-hybridized carbons (Fsp3) is 0.375. The van der Waals surface area contributed by atoms with Crippen molar-refractivity contribution in [2.24, 2.45) is 11.1 Å². The number of nitrogens with two attached hydrogens (primary N) is 1. The molecule has 11 heteroatoms. The number of hydrogen-bond acceptors (Lipinski definition) is 7. The summed E-state index contributed by atoms with van der Waals surface area (Å²) in [6.07, 6.45) is 6.38. The fourth-order valence-electron chi connectivity index (χ4n) is 4.44. The molecule has 0 aliphatic carbocycles. The van der Waals surface area contributed by atoms with Crippen LogP contribution in [-0.4, -0.2) is 49.5 Å². The van der Waals surface area contributed by atoms with E-state index in [2.05, 4.69) is 44.5 Å². The van der Waals surface area contributed by atoms with E-state index >= 15 is 0 Å². The van der Waals surface area contributed by atoms with E-state index in [1.54, 1.807) is 11.3 Å². The summed E-state index contributed by atoms with van der Waals surface area (Å²) in [6, 6.07) is 5.69. The second-order valence-electron chi connectivity index (χ2n) is 9.34. The van der Waals surface area contributed by atoms with E-state index in [-0.39, 0.29) is 17.9 Å². The number of aryl methyl sites for hydroxylation is 1. The van der Waals surface area contributed by atoms with Crippen LogP contribution in [0, 0.1) is 12.3 Å². The van der Waals surface area contributed by atoms with Crippen molar-refractivity contribution in [1.82, 2.24) is 29.9 Å². The smallest absolute Gasteiger partial charge is 0.253 e. The summed E-state index contributed by atoms with van der Waals surface area (Å²) < 4.78 is 1.98. The van der Waals surface area contributed by atoms with Crippen molar-refractivity contribution in [2.75, 3.05) is 18.0 Å². The number of pyridine rings is 1. The van der Waals surface area contributed by atoms with Crippen LogP contribution < -0.4 is 16.0 Å². The van der Waals surface area contributed by atoms with E-state index in [4.69, 9.17) is 10.7 Å². The molecule has 0 spiro atoms. The lowest BCUT2D eigenvalue weighted by Crippen LogP contribution is -2.45. The van der Waals surface area contributed by atoms with Crippen LogP contribution >= 0.6 is 11.3 Å². The monoisotopic (exact) mass is 492 g/mol. The van der Waals surface area contributed by atoms with Crippen molar-refractivity contribution < 1.29 is 9.59 Å². The first-order chi connectivity index (χ1) is 16.7. The molecule has 5 rings (SSSR count). The van der Waals surface area contributed by atoms with Crippen LogP contribution in [0.15, 0.2) is 36.9 Å². The summed E-state index contributed by atoms with van der Waals surface area (Å²) in [5, 5.41) is 9.66. The third-order valence-corrected chi connectivity index (χ3v) is 7.86. The summed E-state index contributed by atoms with van der Waals surface area (Å²) in [5.41, 5.74) is 8.20. The van der Waals surface area contributed by atoms with Crippen molar-refractivity contribution in [1.29, 1.82) is 0 Å². The summed E-state index contributed by atoms with van der Waals surface area (Å²) in [6.45, 7) is 7.13. The molecule has 1 aliphatic heterocycles. The number of aromatic nitrogens is 5. The molecule has 1 saturated heterocycles. The Morgan fingerprint density at radius 1 is 1.26 bits per heavy atom. The number of aromatic amines is 1. The first kappa shape index (κ1) is 23.0. The SMILES string of the molecule is Cc1ccc(-c2cnc3c(N4CCC(C)(C(N)=O)CC4)cc(C(=O)NC(C)c4ncn[nH]4)cn23)s1. The maximum absolute atomic E-state index is 13.3. The number of nitrogens with zero attached hydrogens (tertiary/aromatic N) is 5. The molecule has 1 aliphatic rings. The Balaban J connectivity index is 1.54. The summed E-state index contributed by atoms with van der Waals surface area (Å²) >= 11 is 1.68. The molecule has 0 radical (unpaired) electrons. The van der Waals surface area contributed by atoms with Crippen molar-refractivity contribution >= 4 is 34.5 Å². The summed E-state index contributed by atoms with van der Waals surface area (Å²) in [7, 11) is 0. The number of amides is 2. The molecule has 182 valence electrons. The highest BCUT2D eigenvalue weighted by Gasteiger charge is 2.36. The van der Waals surface area contributed by atoms with Gasteiger partial charge < -0.3 is 16.0 Å². The zero-order valence-electron chi connectivity index (χ0n) is 19.9. The Morgan fingerprint density at radius 3 is 2.66 bits per heavy atom. The second kappa shape index (κ2) is 8.81. The first-order valence-electron chi connectivity index (χ1n) is 11.5. The van der Waals surface area contributed by atoms with Gasteiger partial charge in [0.15, 0.2) is 5.65 Å². The van der Waals surface area contributed by atoms with Crippen LogP contribution in [0.3, 0.4) is 0 Å². The lowest BCUT2D eigenvalue weighted by atomic mass is 9.79. The molecule has 0 bridgehead atoms. The topological polar surface area (TPSA) is 134 Å². The van der Waals surface area contributed by atoms with Crippen molar-refractivity contribution in [2.45, 2.75) is 39.7 Å².